The van der Waals surface area contributed by atoms with Gasteiger partial charge in [0.25, 0.3) is 0 Å². The van der Waals surface area contributed by atoms with Crippen LogP contribution in [0.3, 0.4) is 0 Å². The number of benzene rings is 1. The quantitative estimate of drug-likeness (QED) is 0.755. The van der Waals surface area contributed by atoms with Crippen molar-refractivity contribution in [2.45, 2.75) is 57.2 Å². The van der Waals surface area contributed by atoms with E-state index in [2.05, 4.69) is 0 Å². The van der Waals surface area contributed by atoms with Gasteiger partial charge in [-0.3, -0.25) is 4.79 Å². The van der Waals surface area contributed by atoms with Crippen molar-refractivity contribution in [2.75, 3.05) is 13.2 Å². The van der Waals surface area contributed by atoms with Crippen molar-refractivity contribution in [3.8, 4) is 11.5 Å². The summed E-state index contributed by atoms with van der Waals surface area (Å²) in [4.78, 5) is 12.7. The zero-order chi connectivity index (χ0) is 18.4. The Kier molecular flexibility index (Phi) is 4.68. The molecule has 0 saturated carbocycles. The van der Waals surface area contributed by atoms with Gasteiger partial charge in [-0.15, -0.1) is 0 Å². The normalized spacial score (nSPS) is 21.9. The Hall–Kier alpha value is -1.80. The monoisotopic (exact) mass is 369 g/mol. The molecule has 0 amide bonds. The lowest BCUT2D eigenvalue weighted by Crippen LogP contribution is -2.53. The molecule has 1 aromatic rings. The first-order valence-corrected chi connectivity index (χ1v) is 9.82. The van der Waals surface area contributed by atoms with E-state index in [1.807, 2.05) is 0 Å². The van der Waals surface area contributed by atoms with Crippen LogP contribution in [0, 0.1) is 0 Å². The van der Waals surface area contributed by atoms with Crippen molar-refractivity contribution in [1.29, 1.82) is 0 Å². The van der Waals surface area contributed by atoms with Crippen LogP contribution in [-0.2, 0) is 26.0 Å². The molecule has 2 heterocycles. The van der Waals surface area contributed by atoms with E-state index in [0.29, 0.717) is 30.3 Å². The molecular formula is C17H23NO6S. The van der Waals surface area contributed by atoms with E-state index in [-0.39, 0.29) is 23.5 Å². The predicted octanol–water partition coefficient (Wildman–Crippen LogP) is 1.73. The number of ether oxygens (including phenoxy) is 3. The molecule has 0 aromatic heterocycles. The lowest BCUT2D eigenvalue weighted by molar-refractivity contribution is -0.152. The fraction of sp³-hybridized carbons (Fsp3) is 0.588. The topological polar surface area (TPSA) is 82.1 Å². The van der Waals surface area contributed by atoms with Crippen molar-refractivity contribution < 1.29 is 27.4 Å². The molecule has 3 rings (SSSR count). The summed E-state index contributed by atoms with van der Waals surface area (Å²) in [5, 5.41) is 0. The average Bonchev–Trinajstić information content (AvgIpc) is 2.51. The molecule has 1 unspecified atom stereocenters. The van der Waals surface area contributed by atoms with Gasteiger partial charge in [0.05, 0.1) is 11.0 Å². The highest BCUT2D eigenvalue weighted by atomic mass is 32.2. The molecule has 138 valence electrons. The van der Waals surface area contributed by atoms with E-state index in [1.54, 1.807) is 33.8 Å². The standard InChI is InChI=1S/C17H23NO6S/c1-10(2)18-13(17(19)24-11(3)4)7-12-8-14-15(23-6-5-22-14)9-16(12)25(18,20)21/h8-11,13H,5-7H2,1-4H3. The van der Waals surface area contributed by atoms with Crippen molar-refractivity contribution in [3.05, 3.63) is 17.7 Å². The fourth-order valence-corrected chi connectivity index (χ4v) is 5.23. The van der Waals surface area contributed by atoms with Gasteiger partial charge in [-0.2, -0.15) is 4.31 Å². The molecule has 0 bridgehead atoms. The molecule has 7 nitrogen and oxygen atoms in total. The summed E-state index contributed by atoms with van der Waals surface area (Å²) in [6.07, 6.45) is -0.0690. The molecule has 0 aliphatic carbocycles. The van der Waals surface area contributed by atoms with Gasteiger partial charge in [-0.05, 0) is 39.3 Å². The van der Waals surface area contributed by atoms with Gasteiger partial charge in [0, 0.05) is 18.5 Å². The summed E-state index contributed by atoms with van der Waals surface area (Å²) >= 11 is 0. The summed E-state index contributed by atoms with van der Waals surface area (Å²) in [5.74, 6) is 0.391. The first-order valence-electron chi connectivity index (χ1n) is 8.38. The predicted molar refractivity (Wildman–Crippen MR) is 90.3 cm³/mol. The van der Waals surface area contributed by atoms with Crippen LogP contribution in [0.4, 0.5) is 0 Å². The minimum absolute atomic E-state index is 0.166. The van der Waals surface area contributed by atoms with Crippen LogP contribution in [0.1, 0.15) is 33.3 Å². The number of nitrogens with zero attached hydrogens (tertiary/aromatic N) is 1. The van der Waals surface area contributed by atoms with Crippen LogP contribution in [0.2, 0.25) is 0 Å². The largest absolute Gasteiger partial charge is 0.486 e. The van der Waals surface area contributed by atoms with E-state index in [4.69, 9.17) is 14.2 Å². The van der Waals surface area contributed by atoms with E-state index >= 15 is 0 Å². The lowest BCUT2D eigenvalue weighted by atomic mass is 10.0. The van der Waals surface area contributed by atoms with E-state index in [9.17, 15) is 13.2 Å². The summed E-state index contributed by atoms with van der Waals surface area (Å²) < 4.78 is 43.9. The van der Waals surface area contributed by atoms with Crippen LogP contribution >= 0.6 is 0 Å². The minimum Gasteiger partial charge on any atom is -0.486 e. The second-order valence-electron chi connectivity index (χ2n) is 6.74. The third-order valence-electron chi connectivity index (χ3n) is 4.13. The number of fused-ring (bicyclic) bond motifs is 2. The van der Waals surface area contributed by atoms with Crippen LogP contribution in [0.5, 0.6) is 11.5 Å². The van der Waals surface area contributed by atoms with Gasteiger partial charge in [0.15, 0.2) is 11.5 Å². The van der Waals surface area contributed by atoms with E-state index in [0.717, 1.165) is 0 Å². The Morgan fingerprint density at radius 3 is 2.32 bits per heavy atom. The fourth-order valence-electron chi connectivity index (χ4n) is 3.23. The van der Waals surface area contributed by atoms with Gasteiger partial charge in [0.2, 0.25) is 10.0 Å². The Morgan fingerprint density at radius 1 is 1.16 bits per heavy atom. The minimum atomic E-state index is -3.85. The van der Waals surface area contributed by atoms with Crippen molar-refractivity contribution >= 4 is 16.0 Å². The average molecular weight is 369 g/mol. The van der Waals surface area contributed by atoms with Crippen LogP contribution in [0.25, 0.3) is 0 Å². The first kappa shape index (κ1) is 18.0. The molecule has 1 atom stereocenters. The molecule has 0 N–H and O–H groups in total. The number of sulfonamides is 1. The van der Waals surface area contributed by atoms with Gasteiger partial charge in [-0.1, -0.05) is 0 Å². The molecule has 25 heavy (non-hydrogen) atoms. The molecule has 0 radical (unpaired) electrons. The second-order valence-corrected chi connectivity index (χ2v) is 8.55. The van der Waals surface area contributed by atoms with Crippen molar-refractivity contribution in [2.24, 2.45) is 0 Å². The van der Waals surface area contributed by atoms with Gasteiger partial charge in [-0.25, -0.2) is 8.42 Å². The van der Waals surface area contributed by atoms with Gasteiger partial charge < -0.3 is 14.2 Å². The molecule has 0 fully saturated rings. The zero-order valence-electron chi connectivity index (χ0n) is 14.8. The highest BCUT2D eigenvalue weighted by Crippen LogP contribution is 2.40. The Bertz CT molecular complexity index is 787. The van der Waals surface area contributed by atoms with E-state index in [1.165, 1.54) is 10.4 Å². The molecule has 2 aliphatic rings. The second kappa shape index (κ2) is 6.49. The number of esters is 1. The highest BCUT2D eigenvalue weighted by molar-refractivity contribution is 7.89. The van der Waals surface area contributed by atoms with E-state index < -0.39 is 22.0 Å². The molecule has 0 spiro atoms. The van der Waals surface area contributed by atoms with Crippen LogP contribution < -0.4 is 9.47 Å². The summed E-state index contributed by atoms with van der Waals surface area (Å²) in [5.41, 5.74) is 0.548. The molecule has 1 aromatic carbocycles. The van der Waals surface area contributed by atoms with Crippen LogP contribution in [0.15, 0.2) is 17.0 Å². The lowest BCUT2D eigenvalue weighted by Gasteiger charge is -2.37. The highest BCUT2D eigenvalue weighted by Gasteiger charge is 2.45. The third kappa shape index (κ3) is 3.20. The number of hydrogen-bond acceptors (Lipinski definition) is 6. The molecule has 0 saturated heterocycles. The van der Waals surface area contributed by atoms with Crippen LogP contribution in [-0.4, -0.2) is 50.1 Å². The smallest absolute Gasteiger partial charge is 0.325 e. The Balaban J connectivity index is 2.10. The number of rotatable bonds is 3. The summed E-state index contributed by atoms with van der Waals surface area (Å²) in [7, 11) is -3.85. The van der Waals surface area contributed by atoms with Gasteiger partial charge in [0.1, 0.15) is 19.3 Å². The molecule has 8 heteroatoms. The number of carbonyl (C=O) groups is 1. The Labute approximate surface area is 147 Å². The third-order valence-corrected chi connectivity index (χ3v) is 6.30. The van der Waals surface area contributed by atoms with Gasteiger partial charge >= 0.3 is 5.97 Å². The maximum atomic E-state index is 13.2. The number of carbonyl (C=O) groups excluding carboxylic acids is 1. The number of hydrogen-bond donors (Lipinski definition) is 0. The van der Waals surface area contributed by atoms with Crippen molar-refractivity contribution in [1.82, 2.24) is 4.31 Å². The molecule has 2 aliphatic heterocycles. The zero-order valence-corrected chi connectivity index (χ0v) is 15.6. The maximum absolute atomic E-state index is 13.2. The first-order chi connectivity index (χ1) is 11.7. The summed E-state index contributed by atoms with van der Waals surface area (Å²) in [6.45, 7) is 7.76. The van der Waals surface area contributed by atoms with Crippen molar-refractivity contribution in [3.63, 3.8) is 0 Å². The maximum Gasteiger partial charge on any atom is 0.325 e. The Morgan fingerprint density at radius 2 is 1.76 bits per heavy atom. The summed E-state index contributed by atoms with van der Waals surface area (Å²) in [6, 6.07) is 1.89. The molecular weight excluding hydrogens is 346 g/mol. The SMILES string of the molecule is CC(C)OC(=O)C1Cc2cc3c(cc2S(=O)(=O)N1C(C)C)OCCO3.